The Kier molecular flexibility index (Phi) is 6.14. The maximum absolute atomic E-state index is 12.6. The summed E-state index contributed by atoms with van der Waals surface area (Å²) in [4.78, 5) is 28.5. The Labute approximate surface area is 175 Å². The third-order valence-electron chi connectivity index (χ3n) is 5.52. The van der Waals surface area contributed by atoms with Crippen molar-refractivity contribution in [3.05, 3.63) is 76.1 Å². The van der Waals surface area contributed by atoms with E-state index in [1.165, 1.54) is 11.6 Å². The molecule has 1 fully saturated rings. The van der Waals surface area contributed by atoms with E-state index in [1.807, 2.05) is 42.2 Å². The van der Waals surface area contributed by atoms with Crippen LogP contribution in [0, 0.1) is 0 Å². The topological polar surface area (TPSA) is 63.0 Å². The zero-order valence-corrected chi connectivity index (χ0v) is 17.2. The number of aryl methyl sites for hydroxylation is 1. The molecule has 0 N–H and O–H groups in total. The maximum atomic E-state index is 12.6. The summed E-state index contributed by atoms with van der Waals surface area (Å²) >= 11 is 0. The summed E-state index contributed by atoms with van der Waals surface area (Å²) in [6, 6.07) is 17.3. The van der Waals surface area contributed by atoms with Gasteiger partial charge in [0.2, 0.25) is 0 Å². The summed E-state index contributed by atoms with van der Waals surface area (Å²) in [5.74, 6) is 0.494. The number of amides is 1. The number of carbonyl (C=O) groups is 1. The molecule has 0 saturated carbocycles. The number of carbonyl (C=O) groups excluding carboxylic acids is 1. The van der Waals surface area contributed by atoms with Crippen LogP contribution in [0.15, 0.2) is 63.8 Å². The molecule has 6 heteroatoms. The van der Waals surface area contributed by atoms with Gasteiger partial charge in [-0.2, -0.15) is 0 Å². The molecule has 0 radical (unpaired) electrons. The molecule has 2 heterocycles. The monoisotopic (exact) mass is 406 g/mol. The fraction of sp³-hybridized carbons (Fsp3) is 0.333. The fourth-order valence-electron chi connectivity index (χ4n) is 3.83. The zero-order chi connectivity index (χ0) is 20.9. The molecule has 6 nitrogen and oxygen atoms in total. The highest BCUT2D eigenvalue weighted by atomic mass is 16.5. The number of hydrogen-bond acceptors (Lipinski definition) is 5. The van der Waals surface area contributed by atoms with Crippen LogP contribution in [0.4, 0.5) is 0 Å². The van der Waals surface area contributed by atoms with Gasteiger partial charge in [-0.25, -0.2) is 4.79 Å². The molecule has 156 valence electrons. The Hall–Kier alpha value is -3.12. The molecule has 0 unspecified atom stereocenters. The Morgan fingerprint density at radius 2 is 1.80 bits per heavy atom. The second-order valence-electron chi connectivity index (χ2n) is 7.53. The molecular formula is C24H26N2O4. The first-order valence-corrected chi connectivity index (χ1v) is 10.4. The number of benzene rings is 2. The molecule has 0 atom stereocenters. The molecule has 1 aliphatic rings. The average Bonchev–Trinajstić information content (AvgIpc) is 2.77. The second kappa shape index (κ2) is 9.13. The summed E-state index contributed by atoms with van der Waals surface area (Å²) < 4.78 is 11.0. The lowest BCUT2D eigenvalue weighted by atomic mass is 10.1. The molecule has 1 saturated heterocycles. The molecule has 2 aromatic carbocycles. The minimum absolute atomic E-state index is 0.0259. The van der Waals surface area contributed by atoms with Crippen molar-refractivity contribution in [2.45, 2.75) is 19.9 Å². The van der Waals surface area contributed by atoms with Crippen LogP contribution in [0.3, 0.4) is 0 Å². The number of rotatable bonds is 6. The number of ether oxygens (including phenoxy) is 1. The molecule has 30 heavy (non-hydrogen) atoms. The standard InChI is InChI=1S/C24H26N2O4/c1-2-19-14-24(28)30-22-15-20(8-9-21(19)22)29-17-23(27)26-12-10-25(11-13-26)16-18-6-4-3-5-7-18/h3-9,14-15H,2,10-13,16-17H2,1H3. The van der Waals surface area contributed by atoms with E-state index in [2.05, 4.69) is 17.0 Å². The molecule has 0 bridgehead atoms. The molecule has 0 aliphatic carbocycles. The van der Waals surface area contributed by atoms with Gasteiger partial charge in [0.25, 0.3) is 5.91 Å². The van der Waals surface area contributed by atoms with Gasteiger partial charge in [-0.1, -0.05) is 37.3 Å². The van der Waals surface area contributed by atoms with Gasteiger partial charge in [0.15, 0.2) is 6.61 Å². The zero-order valence-electron chi connectivity index (χ0n) is 17.2. The van der Waals surface area contributed by atoms with Crippen LogP contribution in [0.25, 0.3) is 11.0 Å². The molecule has 0 spiro atoms. The summed E-state index contributed by atoms with van der Waals surface area (Å²) in [5.41, 5.74) is 2.34. The Morgan fingerprint density at radius 1 is 1.03 bits per heavy atom. The van der Waals surface area contributed by atoms with E-state index < -0.39 is 0 Å². The molecule has 4 rings (SSSR count). The Bertz CT molecular complexity index is 1070. The summed E-state index contributed by atoms with van der Waals surface area (Å²) in [7, 11) is 0. The van der Waals surface area contributed by atoms with Crippen LogP contribution in [-0.4, -0.2) is 48.5 Å². The number of piperazine rings is 1. The lowest BCUT2D eigenvalue weighted by molar-refractivity contribution is -0.135. The first-order valence-electron chi connectivity index (χ1n) is 10.4. The van der Waals surface area contributed by atoms with Crippen LogP contribution in [0.5, 0.6) is 5.75 Å². The van der Waals surface area contributed by atoms with Crippen LogP contribution in [-0.2, 0) is 17.8 Å². The van der Waals surface area contributed by atoms with Gasteiger partial charge in [-0.15, -0.1) is 0 Å². The number of nitrogens with zero attached hydrogens (tertiary/aromatic N) is 2. The second-order valence-corrected chi connectivity index (χ2v) is 7.53. The largest absolute Gasteiger partial charge is 0.484 e. The third kappa shape index (κ3) is 4.71. The van der Waals surface area contributed by atoms with Crippen molar-refractivity contribution in [2.75, 3.05) is 32.8 Å². The smallest absolute Gasteiger partial charge is 0.336 e. The van der Waals surface area contributed by atoms with Crippen molar-refractivity contribution >= 4 is 16.9 Å². The quantitative estimate of drug-likeness (QED) is 0.589. The van der Waals surface area contributed by atoms with Gasteiger partial charge in [-0.05, 0) is 29.7 Å². The predicted molar refractivity (Wildman–Crippen MR) is 116 cm³/mol. The van der Waals surface area contributed by atoms with Gasteiger partial charge in [0.1, 0.15) is 11.3 Å². The van der Waals surface area contributed by atoms with Gasteiger partial charge in [-0.3, -0.25) is 9.69 Å². The van der Waals surface area contributed by atoms with Crippen LogP contribution in [0.2, 0.25) is 0 Å². The van der Waals surface area contributed by atoms with E-state index in [-0.39, 0.29) is 18.1 Å². The van der Waals surface area contributed by atoms with Crippen molar-refractivity contribution < 1.29 is 13.9 Å². The van der Waals surface area contributed by atoms with Crippen LogP contribution in [0.1, 0.15) is 18.1 Å². The van der Waals surface area contributed by atoms with Crippen molar-refractivity contribution in [3.8, 4) is 5.75 Å². The van der Waals surface area contributed by atoms with Crippen LogP contribution < -0.4 is 10.4 Å². The summed E-state index contributed by atoms with van der Waals surface area (Å²) in [6.45, 7) is 5.96. The average molecular weight is 406 g/mol. The first kappa shape index (κ1) is 20.2. The number of hydrogen-bond donors (Lipinski definition) is 0. The van der Waals surface area contributed by atoms with E-state index in [9.17, 15) is 9.59 Å². The summed E-state index contributed by atoms with van der Waals surface area (Å²) in [5, 5.41) is 0.894. The van der Waals surface area contributed by atoms with Gasteiger partial charge < -0.3 is 14.1 Å². The third-order valence-corrected chi connectivity index (χ3v) is 5.52. The highest BCUT2D eigenvalue weighted by Gasteiger charge is 2.21. The minimum atomic E-state index is -0.374. The van der Waals surface area contributed by atoms with E-state index in [0.29, 0.717) is 24.4 Å². The Morgan fingerprint density at radius 3 is 2.53 bits per heavy atom. The van der Waals surface area contributed by atoms with Gasteiger partial charge >= 0.3 is 5.63 Å². The van der Waals surface area contributed by atoms with E-state index in [4.69, 9.17) is 9.15 Å². The van der Waals surface area contributed by atoms with E-state index in [1.54, 1.807) is 6.07 Å². The predicted octanol–water partition coefficient (Wildman–Crippen LogP) is 3.08. The summed E-state index contributed by atoms with van der Waals surface area (Å²) in [6.07, 6.45) is 0.747. The van der Waals surface area contributed by atoms with E-state index >= 15 is 0 Å². The van der Waals surface area contributed by atoms with Crippen molar-refractivity contribution in [1.82, 2.24) is 9.80 Å². The van der Waals surface area contributed by atoms with Crippen molar-refractivity contribution in [2.24, 2.45) is 0 Å². The highest BCUT2D eigenvalue weighted by Crippen LogP contribution is 2.23. The van der Waals surface area contributed by atoms with Crippen molar-refractivity contribution in [3.63, 3.8) is 0 Å². The lowest BCUT2D eigenvalue weighted by Gasteiger charge is -2.34. The van der Waals surface area contributed by atoms with Gasteiger partial charge in [0.05, 0.1) is 0 Å². The first-order chi connectivity index (χ1) is 14.6. The minimum Gasteiger partial charge on any atom is -0.484 e. The van der Waals surface area contributed by atoms with Crippen molar-refractivity contribution in [1.29, 1.82) is 0 Å². The lowest BCUT2D eigenvalue weighted by Crippen LogP contribution is -2.49. The SMILES string of the molecule is CCc1cc(=O)oc2cc(OCC(=O)N3CCN(Cc4ccccc4)CC3)ccc12. The highest BCUT2D eigenvalue weighted by molar-refractivity contribution is 5.82. The molecule has 1 aromatic heterocycles. The van der Waals surface area contributed by atoms with Crippen LogP contribution >= 0.6 is 0 Å². The molecule has 1 aliphatic heterocycles. The Balaban J connectivity index is 1.31. The molecule has 1 amide bonds. The number of fused-ring (bicyclic) bond motifs is 1. The maximum Gasteiger partial charge on any atom is 0.336 e. The van der Waals surface area contributed by atoms with E-state index in [0.717, 1.165) is 37.0 Å². The molecule has 3 aromatic rings. The normalized spacial score (nSPS) is 14.8. The fourth-order valence-corrected chi connectivity index (χ4v) is 3.83. The molecular weight excluding hydrogens is 380 g/mol. The van der Waals surface area contributed by atoms with Gasteiger partial charge in [0, 0.05) is 50.2 Å².